The largest absolute Gasteiger partial charge is 0.322 e. The second-order valence-corrected chi connectivity index (χ2v) is 6.31. The summed E-state index contributed by atoms with van der Waals surface area (Å²) in [4.78, 5) is 16.8. The number of aromatic nitrogens is 3. The Hall–Kier alpha value is -3.61. The minimum absolute atomic E-state index is 0.105. The number of benzene rings is 2. The van der Waals surface area contributed by atoms with E-state index in [9.17, 15) is 13.6 Å². The maximum Gasteiger partial charge on any atom is 0.280 e. The molecule has 4 rings (SSSR count). The first-order valence-corrected chi connectivity index (χ1v) is 8.63. The lowest BCUT2D eigenvalue weighted by molar-refractivity contribution is 0.102. The summed E-state index contributed by atoms with van der Waals surface area (Å²) < 4.78 is 27.5. The van der Waals surface area contributed by atoms with Crippen LogP contribution in [0, 0.1) is 6.92 Å². The molecule has 0 saturated carbocycles. The van der Waals surface area contributed by atoms with E-state index in [1.165, 1.54) is 12.3 Å². The van der Waals surface area contributed by atoms with Gasteiger partial charge in [0.2, 0.25) is 0 Å². The number of alkyl halides is 2. The van der Waals surface area contributed by atoms with E-state index >= 15 is 0 Å². The summed E-state index contributed by atoms with van der Waals surface area (Å²) >= 11 is 0. The number of nitrogens with one attached hydrogen (secondary N) is 1. The van der Waals surface area contributed by atoms with E-state index in [4.69, 9.17) is 0 Å². The van der Waals surface area contributed by atoms with Crippen molar-refractivity contribution in [1.82, 2.24) is 14.6 Å². The van der Waals surface area contributed by atoms with Crippen molar-refractivity contribution in [2.45, 2.75) is 13.3 Å². The summed E-state index contributed by atoms with van der Waals surface area (Å²) in [6.45, 7) is 1.60. The fourth-order valence-electron chi connectivity index (χ4n) is 3.00. The zero-order valence-corrected chi connectivity index (χ0v) is 14.9. The molecule has 1 N–H and O–H groups in total. The second kappa shape index (κ2) is 7.19. The van der Waals surface area contributed by atoms with Crippen molar-refractivity contribution in [3.63, 3.8) is 0 Å². The predicted molar refractivity (Wildman–Crippen MR) is 103 cm³/mol. The van der Waals surface area contributed by atoms with Gasteiger partial charge in [0, 0.05) is 11.4 Å². The van der Waals surface area contributed by atoms with Gasteiger partial charge in [0.25, 0.3) is 12.3 Å². The van der Waals surface area contributed by atoms with Crippen molar-refractivity contribution in [2.24, 2.45) is 0 Å². The normalized spacial score (nSPS) is 11.1. The topological polar surface area (TPSA) is 59.3 Å². The Morgan fingerprint density at radius 2 is 1.71 bits per heavy atom. The van der Waals surface area contributed by atoms with Gasteiger partial charge >= 0.3 is 0 Å². The Bertz CT molecular complexity index is 1140. The molecule has 7 heteroatoms. The number of hydrogen-bond donors (Lipinski definition) is 1. The quantitative estimate of drug-likeness (QED) is 0.550. The van der Waals surface area contributed by atoms with Gasteiger partial charge in [-0.3, -0.25) is 4.79 Å². The van der Waals surface area contributed by atoms with Crippen molar-refractivity contribution in [1.29, 1.82) is 0 Å². The highest BCUT2D eigenvalue weighted by Crippen LogP contribution is 2.24. The summed E-state index contributed by atoms with van der Waals surface area (Å²) in [5.74, 6) is -0.458. The van der Waals surface area contributed by atoms with Crippen LogP contribution < -0.4 is 5.32 Å². The minimum atomic E-state index is -2.72. The molecule has 0 fully saturated rings. The van der Waals surface area contributed by atoms with E-state index in [0.717, 1.165) is 15.6 Å². The third-order valence-electron chi connectivity index (χ3n) is 4.35. The molecule has 140 valence electrons. The molecule has 0 bridgehead atoms. The maximum absolute atomic E-state index is 13.2. The van der Waals surface area contributed by atoms with Crippen LogP contribution in [0.4, 0.5) is 14.5 Å². The Balaban J connectivity index is 1.61. The van der Waals surface area contributed by atoms with Crippen LogP contribution in [-0.2, 0) is 0 Å². The molecule has 0 saturated heterocycles. The van der Waals surface area contributed by atoms with Crippen LogP contribution in [-0.4, -0.2) is 20.5 Å². The van der Waals surface area contributed by atoms with Crippen LogP contribution in [0.25, 0.3) is 16.8 Å². The van der Waals surface area contributed by atoms with Crippen LogP contribution in [0.2, 0.25) is 0 Å². The molecule has 0 aliphatic heterocycles. The average molecular weight is 378 g/mol. The van der Waals surface area contributed by atoms with Crippen LogP contribution in [0.5, 0.6) is 0 Å². The standard InChI is InChI=1S/C21H16F2N4O/c1-13-11-18(19(22)23)27-20(25-13)17(12-24-27)21(28)26-16-9-7-15(8-10-16)14-5-3-2-4-6-14/h2-12,19H,1H3,(H,26,28). The molecule has 0 atom stereocenters. The fraction of sp³-hybridized carbons (Fsp3) is 0.0952. The van der Waals surface area contributed by atoms with E-state index in [0.29, 0.717) is 11.4 Å². The van der Waals surface area contributed by atoms with Gasteiger partial charge in [0.1, 0.15) is 11.3 Å². The van der Waals surface area contributed by atoms with Crippen LogP contribution in [0.15, 0.2) is 66.9 Å². The summed E-state index contributed by atoms with van der Waals surface area (Å²) in [5.41, 5.74) is 3.02. The van der Waals surface area contributed by atoms with Gasteiger partial charge in [-0.15, -0.1) is 0 Å². The predicted octanol–water partition coefficient (Wildman–Crippen LogP) is 4.89. The van der Waals surface area contributed by atoms with E-state index in [1.807, 2.05) is 42.5 Å². The summed E-state index contributed by atoms with van der Waals surface area (Å²) in [6, 6.07) is 18.5. The van der Waals surface area contributed by atoms with E-state index in [-0.39, 0.29) is 16.9 Å². The smallest absolute Gasteiger partial charge is 0.280 e. The SMILES string of the molecule is Cc1cc(C(F)F)n2ncc(C(=O)Nc3ccc(-c4ccccc4)cc3)c2n1. The molecule has 28 heavy (non-hydrogen) atoms. The third kappa shape index (κ3) is 3.34. The van der Waals surface area contributed by atoms with Gasteiger partial charge in [-0.2, -0.15) is 5.10 Å². The van der Waals surface area contributed by atoms with E-state index in [2.05, 4.69) is 15.4 Å². The molecular formula is C21H16F2N4O. The monoisotopic (exact) mass is 378 g/mol. The molecule has 5 nitrogen and oxygen atoms in total. The number of rotatable bonds is 4. The van der Waals surface area contributed by atoms with Gasteiger partial charge in [-0.1, -0.05) is 42.5 Å². The minimum Gasteiger partial charge on any atom is -0.322 e. The molecule has 4 aromatic rings. The molecule has 0 spiro atoms. The first-order chi connectivity index (χ1) is 13.5. The van der Waals surface area contributed by atoms with E-state index in [1.54, 1.807) is 19.1 Å². The number of carbonyl (C=O) groups is 1. The number of fused-ring (bicyclic) bond motifs is 1. The van der Waals surface area contributed by atoms with Crippen molar-refractivity contribution >= 4 is 17.2 Å². The highest BCUT2D eigenvalue weighted by Gasteiger charge is 2.20. The Morgan fingerprint density at radius 3 is 2.39 bits per heavy atom. The second-order valence-electron chi connectivity index (χ2n) is 6.31. The molecule has 0 aliphatic rings. The third-order valence-corrected chi connectivity index (χ3v) is 4.35. The Kier molecular flexibility index (Phi) is 4.57. The van der Waals surface area contributed by atoms with Gasteiger partial charge in [-0.05, 0) is 36.2 Å². The van der Waals surface area contributed by atoms with Gasteiger partial charge < -0.3 is 5.32 Å². The first kappa shape index (κ1) is 17.8. The lowest BCUT2D eigenvalue weighted by Gasteiger charge is -2.07. The van der Waals surface area contributed by atoms with Crippen molar-refractivity contribution in [3.05, 3.63) is 83.8 Å². The maximum atomic E-state index is 13.2. The highest BCUT2D eigenvalue weighted by molar-refractivity contribution is 6.08. The number of carbonyl (C=O) groups excluding carboxylic acids is 1. The van der Waals surface area contributed by atoms with Gasteiger partial charge in [0.05, 0.1) is 6.20 Å². The van der Waals surface area contributed by atoms with Crippen LogP contribution >= 0.6 is 0 Å². The first-order valence-electron chi connectivity index (χ1n) is 8.63. The molecule has 2 heterocycles. The average Bonchev–Trinajstić information content (AvgIpc) is 3.12. The fourth-order valence-corrected chi connectivity index (χ4v) is 3.00. The molecule has 0 aliphatic carbocycles. The number of anilines is 1. The molecule has 0 unspecified atom stereocenters. The summed E-state index contributed by atoms with van der Waals surface area (Å²) in [6.07, 6.45) is -1.47. The number of nitrogens with zero attached hydrogens (tertiary/aromatic N) is 3. The number of hydrogen-bond acceptors (Lipinski definition) is 3. The molecular weight excluding hydrogens is 362 g/mol. The number of halogens is 2. The summed E-state index contributed by atoms with van der Waals surface area (Å²) in [7, 11) is 0. The van der Waals surface area contributed by atoms with Gasteiger partial charge in [0.15, 0.2) is 5.65 Å². The lowest BCUT2D eigenvalue weighted by Crippen LogP contribution is -2.12. The van der Waals surface area contributed by atoms with Crippen LogP contribution in [0.1, 0.15) is 28.2 Å². The molecule has 0 radical (unpaired) electrons. The lowest BCUT2D eigenvalue weighted by atomic mass is 10.1. The summed E-state index contributed by atoms with van der Waals surface area (Å²) in [5, 5.41) is 6.67. The zero-order chi connectivity index (χ0) is 19.7. The Labute approximate surface area is 159 Å². The number of aryl methyl sites for hydroxylation is 1. The molecule has 2 aromatic heterocycles. The molecule has 2 aromatic carbocycles. The van der Waals surface area contributed by atoms with Gasteiger partial charge in [-0.25, -0.2) is 18.3 Å². The van der Waals surface area contributed by atoms with E-state index < -0.39 is 12.3 Å². The van der Waals surface area contributed by atoms with Crippen LogP contribution in [0.3, 0.4) is 0 Å². The number of amides is 1. The highest BCUT2D eigenvalue weighted by atomic mass is 19.3. The van der Waals surface area contributed by atoms with Crippen molar-refractivity contribution < 1.29 is 13.6 Å². The zero-order valence-electron chi connectivity index (χ0n) is 14.9. The molecule has 1 amide bonds. The van der Waals surface area contributed by atoms with Crippen molar-refractivity contribution in [3.8, 4) is 11.1 Å². The Morgan fingerprint density at radius 1 is 1.04 bits per heavy atom. The van der Waals surface area contributed by atoms with Crippen molar-refractivity contribution in [2.75, 3.05) is 5.32 Å².